The zero-order valence-electron chi connectivity index (χ0n) is 13.5. The molecule has 1 fully saturated rings. The lowest BCUT2D eigenvalue weighted by molar-refractivity contribution is 0.0685. The minimum Gasteiger partial charge on any atom is -0.493 e. The van der Waals surface area contributed by atoms with Crippen molar-refractivity contribution in [3.8, 4) is 11.5 Å². The van der Waals surface area contributed by atoms with Crippen LogP contribution in [0.5, 0.6) is 11.5 Å². The lowest BCUT2D eigenvalue weighted by Gasteiger charge is -2.29. The molecule has 0 N–H and O–H groups in total. The maximum absolute atomic E-state index is 5.59. The summed E-state index contributed by atoms with van der Waals surface area (Å²) in [5.74, 6) is 1.49. The van der Waals surface area contributed by atoms with E-state index >= 15 is 0 Å². The summed E-state index contributed by atoms with van der Waals surface area (Å²) in [4.78, 5) is 3.21. The van der Waals surface area contributed by atoms with Gasteiger partial charge in [-0.15, -0.1) is 0 Å². The molecule has 0 bridgehead atoms. The first-order chi connectivity index (χ1) is 11.2. The fourth-order valence-electron chi connectivity index (χ4n) is 2.83. The molecule has 1 aliphatic rings. The first-order valence-corrected chi connectivity index (χ1v) is 8.12. The number of thiocarbonyl (C=S) groups is 1. The van der Waals surface area contributed by atoms with Gasteiger partial charge in [0, 0.05) is 19.5 Å². The number of hydrogen-bond acceptors (Lipinski definition) is 4. The predicted octanol–water partition coefficient (Wildman–Crippen LogP) is 3.06. The minimum atomic E-state index is 0.743. The highest BCUT2D eigenvalue weighted by Gasteiger charge is 2.14. The van der Waals surface area contributed by atoms with E-state index < -0.39 is 0 Å². The van der Waals surface area contributed by atoms with Crippen LogP contribution in [0.3, 0.4) is 0 Å². The van der Waals surface area contributed by atoms with Crippen LogP contribution < -0.4 is 9.47 Å². The third-order valence-electron chi connectivity index (χ3n) is 4.13. The van der Waals surface area contributed by atoms with Crippen LogP contribution in [0, 0.1) is 0 Å². The van der Waals surface area contributed by atoms with E-state index in [0.29, 0.717) is 0 Å². The Labute approximate surface area is 141 Å². The second-order valence-electron chi connectivity index (χ2n) is 5.56. The molecule has 1 heterocycles. The number of hydrogen-bond donors (Lipinski definition) is 0. The second-order valence-corrected chi connectivity index (χ2v) is 6.03. The van der Waals surface area contributed by atoms with E-state index in [1.807, 2.05) is 12.1 Å². The van der Waals surface area contributed by atoms with Gasteiger partial charge in [0.2, 0.25) is 0 Å². The summed E-state index contributed by atoms with van der Waals surface area (Å²) in [6.45, 7) is 3.29. The molecule has 1 saturated heterocycles. The van der Waals surface area contributed by atoms with Crippen molar-refractivity contribution in [2.24, 2.45) is 0 Å². The number of benzene rings is 2. The molecule has 4 nitrogen and oxygen atoms in total. The highest BCUT2D eigenvalue weighted by Crippen LogP contribution is 2.32. The van der Waals surface area contributed by atoms with E-state index in [1.165, 1.54) is 5.56 Å². The molecule has 1 aliphatic heterocycles. The molecule has 0 unspecified atom stereocenters. The van der Waals surface area contributed by atoms with Crippen molar-refractivity contribution in [2.45, 2.75) is 6.42 Å². The monoisotopic (exact) mass is 331 g/mol. The van der Waals surface area contributed by atoms with E-state index in [9.17, 15) is 0 Å². The SMILES string of the molecule is COc1cc2ccc(CC(=S)N3CCOCC3)cc2cc1OC. The van der Waals surface area contributed by atoms with Gasteiger partial charge in [0.1, 0.15) is 0 Å². The fourth-order valence-corrected chi connectivity index (χ4v) is 3.18. The van der Waals surface area contributed by atoms with Crippen molar-refractivity contribution < 1.29 is 14.2 Å². The Balaban J connectivity index is 1.83. The third kappa shape index (κ3) is 3.57. The van der Waals surface area contributed by atoms with Gasteiger partial charge in [0.25, 0.3) is 0 Å². The van der Waals surface area contributed by atoms with E-state index in [4.69, 9.17) is 26.4 Å². The summed E-state index contributed by atoms with van der Waals surface area (Å²) in [7, 11) is 3.31. The van der Waals surface area contributed by atoms with Gasteiger partial charge in [-0.2, -0.15) is 0 Å². The van der Waals surface area contributed by atoms with Crippen LogP contribution in [-0.4, -0.2) is 50.4 Å². The Hall–Kier alpha value is -1.85. The smallest absolute Gasteiger partial charge is 0.161 e. The molecule has 0 amide bonds. The molecule has 122 valence electrons. The molecule has 2 aromatic carbocycles. The number of rotatable bonds is 4. The molecule has 23 heavy (non-hydrogen) atoms. The summed E-state index contributed by atoms with van der Waals surface area (Å²) in [6.07, 6.45) is 0.777. The number of nitrogens with zero attached hydrogens (tertiary/aromatic N) is 1. The van der Waals surface area contributed by atoms with Crippen molar-refractivity contribution in [1.29, 1.82) is 0 Å². The van der Waals surface area contributed by atoms with Crippen LogP contribution in [0.2, 0.25) is 0 Å². The highest BCUT2D eigenvalue weighted by molar-refractivity contribution is 7.80. The van der Waals surface area contributed by atoms with Crippen LogP contribution >= 0.6 is 12.2 Å². The van der Waals surface area contributed by atoms with Crippen LogP contribution in [0.4, 0.5) is 0 Å². The summed E-state index contributed by atoms with van der Waals surface area (Å²) in [5, 5.41) is 2.26. The first-order valence-electron chi connectivity index (χ1n) is 7.71. The Morgan fingerprint density at radius 2 is 1.70 bits per heavy atom. The fraction of sp³-hybridized carbons (Fsp3) is 0.389. The summed E-state index contributed by atoms with van der Waals surface area (Å²) in [5.41, 5.74) is 1.21. The van der Waals surface area contributed by atoms with Crippen molar-refractivity contribution in [3.63, 3.8) is 0 Å². The van der Waals surface area contributed by atoms with E-state index in [2.05, 4.69) is 23.1 Å². The topological polar surface area (TPSA) is 30.9 Å². The quantitative estimate of drug-likeness (QED) is 0.804. The minimum absolute atomic E-state index is 0.743. The third-order valence-corrected chi connectivity index (χ3v) is 4.53. The number of methoxy groups -OCH3 is 2. The largest absolute Gasteiger partial charge is 0.493 e. The van der Waals surface area contributed by atoms with E-state index in [0.717, 1.165) is 60.0 Å². The molecular formula is C18H21NO3S. The van der Waals surface area contributed by atoms with E-state index in [1.54, 1.807) is 14.2 Å². The van der Waals surface area contributed by atoms with Gasteiger partial charge in [-0.05, 0) is 28.5 Å². The van der Waals surface area contributed by atoms with Crippen LogP contribution in [-0.2, 0) is 11.2 Å². The first kappa shape index (κ1) is 16.0. The standard InChI is InChI=1S/C18H21NO3S/c1-20-16-11-14-4-3-13(9-15(14)12-17(16)21-2)10-18(23)19-5-7-22-8-6-19/h3-4,9,11-12H,5-8,10H2,1-2H3. The zero-order chi connectivity index (χ0) is 16.2. The van der Waals surface area contributed by atoms with Gasteiger partial charge in [0.15, 0.2) is 11.5 Å². The molecule has 2 aromatic rings. The molecule has 0 aromatic heterocycles. The summed E-state index contributed by atoms with van der Waals surface area (Å²) in [6, 6.07) is 10.4. The zero-order valence-corrected chi connectivity index (χ0v) is 14.3. The molecule has 5 heteroatoms. The van der Waals surface area contributed by atoms with Gasteiger partial charge < -0.3 is 19.1 Å². The maximum atomic E-state index is 5.59. The van der Waals surface area contributed by atoms with Crippen molar-refractivity contribution in [3.05, 3.63) is 35.9 Å². The summed E-state index contributed by atoms with van der Waals surface area (Å²) < 4.78 is 16.1. The molecule has 3 rings (SSSR count). The van der Waals surface area contributed by atoms with Crippen molar-refractivity contribution >= 4 is 28.0 Å². The van der Waals surface area contributed by atoms with Crippen LogP contribution in [0.25, 0.3) is 10.8 Å². The van der Waals surface area contributed by atoms with Gasteiger partial charge in [0.05, 0.1) is 32.4 Å². The molecule has 0 aliphatic carbocycles. The van der Waals surface area contributed by atoms with Gasteiger partial charge in [-0.25, -0.2) is 0 Å². The Morgan fingerprint density at radius 3 is 2.35 bits per heavy atom. The Bertz CT molecular complexity index is 711. The number of fused-ring (bicyclic) bond motifs is 1. The lowest BCUT2D eigenvalue weighted by Crippen LogP contribution is -2.40. The number of morpholine rings is 1. The molecule has 0 saturated carbocycles. The van der Waals surface area contributed by atoms with Crippen molar-refractivity contribution in [2.75, 3.05) is 40.5 Å². The predicted molar refractivity (Wildman–Crippen MR) is 95.7 cm³/mol. The molecule has 0 spiro atoms. The maximum Gasteiger partial charge on any atom is 0.161 e. The normalized spacial score (nSPS) is 14.8. The lowest BCUT2D eigenvalue weighted by atomic mass is 10.0. The molecule has 0 atom stereocenters. The van der Waals surface area contributed by atoms with Gasteiger partial charge in [-0.1, -0.05) is 30.4 Å². The van der Waals surface area contributed by atoms with E-state index in [-0.39, 0.29) is 0 Å². The van der Waals surface area contributed by atoms with Gasteiger partial charge in [-0.3, -0.25) is 0 Å². The highest BCUT2D eigenvalue weighted by atomic mass is 32.1. The Kier molecular flexibility index (Phi) is 4.98. The Morgan fingerprint density at radius 1 is 1.04 bits per heavy atom. The average Bonchev–Trinajstić information content (AvgIpc) is 2.61. The second kappa shape index (κ2) is 7.15. The van der Waals surface area contributed by atoms with Crippen LogP contribution in [0.15, 0.2) is 30.3 Å². The summed E-state index contributed by atoms with van der Waals surface area (Å²) >= 11 is 5.59. The van der Waals surface area contributed by atoms with Crippen LogP contribution in [0.1, 0.15) is 5.56 Å². The molecular weight excluding hydrogens is 310 g/mol. The van der Waals surface area contributed by atoms with Gasteiger partial charge >= 0.3 is 0 Å². The average molecular weight is 331 g/mol. The van der Waals surface area contributed by atoms with Crippen molar-refractivity contribution in [1.82, 2.24) is 4.90 Å². The number of ether oxygens (including phenoxy) is 3. The molecule has 0 radical (unpaired) electrons.